The van der Waals surface area contributed by atoms with Gasteiger partial charge in [0.2, 0.25) is 0 Å². The Morgan fingerprint density at radius 2 is 2.16 bits per heavy atom. The molecule has 1 aromatic heterocycles. The average molecular weight is 259 g/mol. The lowest BCUT2D eigenvalue weighted by molar-refractivity contribution is -0.143. The van der Waals surface area contributed by atoms with E-state index >= 15 is 0 Å². The molecule has 5 heteroatoms. The Kier molecular flexibility index (Phi) is 4.30. The monoisotopic (exact) mass is 259 g/mol. The molecule has 100 valence electrons. The van der Waals surface area contributed by atoms with Gasteiger partial charge in [0, 0.05) is 25.4 Å². The molecule has 0 aliphatic heterocycles. The number of methoxy groups -OCH3 is 1. The Morgan fingerprint density at radius 1 is 1.42 bits per heavy atom. The highest BCUT2D eigenvalue weighted by Gasteiger charge is 2.20. The molecule has 1 aromatic carbocycles. The Labute approximate surface area is 112 Å². The van der Waals surface area contributed by atoms with E-state index in [9.17, 15) is 4.79 Å². The number of nitrogens with zero attached hydrogens (tertiary/aromatic N) is 2. The van der Waals surface area contributed by atoms with Crippen LogP contribution in [0.5, 0.6) is 0 Å². The third kappa shape index (κ3) is 3.42. The van der Waals surface area contributed by atoms with Crippen molar-refractivity contribution >= 4 is 5.97 Å². The van der Waals surface area contributed by atoms with Crippen molar-refractivity contribution in [2.24, 2.45) is 7.05 Å². The number of rotatable bonds is 5. The van der Waals surface area contributed by atoms with Crippen LogP contribution in [-0.4, -0.2) is 22.9 Å². The van der Waals surface area contributed by atoms with Gasteiger partial charge in [0.05, 0.1) is 13.3 Å². The summed E-state index contributed by atoms with van der Waals surface area (Å²) in [5.41, 5.74) is 1.91. The first-order valence-corrected chi connectivity index (χ1v) is 6.04. The van der Waals surface area contributed by atoms with Crippen molar-refractivity contribution in [1.29, 1.82) is 0 Å². The highest BCUT2D eigenvalue weighted by Crippen LogP contribution is 2.14. The summed E-state index contributed by atoms with van der Waals surface area (Å²) >= 11 is 0. The predicted octanol–water partition coefficient (Wildman–Crippen LogP) is 1.42. The fourth-order valence-electron chi connectivity index (χ4n) is 1.88. The summed E-state index contributed by atoms with van der Waals surface area (Å²) in [4.78, 5) is 11.8. The minimum atomic E-state index is -0.466. The van der Waals surface area contributed by atoms with Crippen LogP contribution in [0.3, 0.4) is 0 Å². The maximum atomic E-state index is 11.8. The van der Waals surface area contributed by atoms with Crippen molar-refractivity contribution in [3.05, 3.63) is 53.9 Å². The summed E-state index contributed by atoms with van der Waals surface area (Å²) in [6.45, 7) is 0.558. The Bertz CT molecular complexity index is 537. The first kappa shape index (κ1) is 13.3. The summed E-state index contributed by atoms with van der Waals surface area (Å²) in [6, 6.07) is 9.05. The molecule has 1 N–H and O–H groups in total. The van der Waals surface area contributed by atoms with Gasteiger partial charge in [-0.15, -0.1) is 0 Å². The Balaban J connectivity index is 2.09. The van der Waals surface area contributed by atoms with Gasteiger partial charge < -0.3 is 4.74 Å². The molecule has 2 aromatic rings. The van der Waals surface area contributed by atoms with Gasteiger partial charge in [-0.05, 0) is 5.56 Å². The molecule has 2 rings (SSSR count). The molecular formula is C14H17N3O2. The van der Waals surface area contributed by atoms with Gasteiger partial charge in [0.15, 0.2) is 0 Å². The second-order valence-corrected chi connectivity index (χ2v) is 4.27. The van der Waals surface area contributed by atoms with Crippen molar-refractivity contribution in [3.8, 4) is 0 Å². The molecular weight excluding hydrogens is 242 g/mol. The molecule has 0 spiro atoms. The SMILES string of the molecule is COC(=O)C(NCc1cnn(C)c1)c1ccccc1. The van der Waals surface area contributed by atoms with E-state index in [0.717, 1.165) is 11.1 Å². The van der Waals surface area contributed by atoms with E-state index in [1.807, 2.05) is 43.6 Å². The minimum absolute atomic E-state index is 0.296. The van der Waals surface area contributed by atoms with E-state index in [0.29, 0.717) is 6.54 Å². The fourth-order valence-corrected chi connectivity index (χ4v) is 1.88. The normalized spacial score (nSPS) is 12.1. The number of hydrogen-bond donors (Lipinski definition) is 1. The zero-order chi connectivity index (χ0) is 13.7. The molecule has 1 unspecified atom stereocenters. The number of ether oxygens (including phenoxy) is 1. The Hall–Kier alpha value is -2.14. The fraction of sp³-hybridized carbons (Fsp3) is 0.286. The molecule has 0 amide bonds. The van der Waals surface area contributed by atoms with E-state index in [4.69, 9.17) is 4.74 Å². The first-order valence-electron chi connectivity index (χ1n) is 6.04. The van der Waals surface area contributed by atoms with Gasteiger partial charge in [0.25, 0.3) is 0 Å². The van der Waals surface area contributed by atoms with Crippen LogP contribution >= 0.6 is 0 Å². The topological polar surface area (TPSA) is 56.1 Å². The first-order chi connectivity index (χ1) is 9.20. The number of esters is 1. The van der Waals surface area contributed by atoms with Crippen LogP contribution in [0, 0.1) is 0 Å². The predicted molar refractivity (Wildman–Crippen MR) is 71.2 cm³/mol. The van der Waals surface area contributed by atoms with Crippen molar-refractivity contribution in [2.75, 3.05) is 7.11 Å². The van der Waals surface area contributed by atoms with Gasteiger partial charge in [-0.3, -0.25) is 10.00 Å². The number of carbonyl (C=O) groups is 1. The molecule has 0 saturated carbocycles. The summed E-state index contributed by atoms with van der Waals surface area (Å²) in [5.74, 6) is -0.296. The highest BCUT2D eigenvalue weighted by atomic mass is 16.5. The smallest absolute Gasteiger partial charge is 0.327 e. The zero-order valence-electron chi connectivity index (χ0n) is 11.0. The number of hydrogen-bond acceptors (Lipinski definition) is 4. The van der Waals surface area contributed by atoms with Gasteiger partial charge in [0.1, 0.15) is 6.04 Å². The number of aryl methyl sites for hydroxylation is 1. The molecule has 1 heterocycles. The summed E-state index contributed by atoms with van der Waals surface area (Å²) in [6.07, 6.45) is 3.68. The number of nitrogens with one attached hydrogen (secondary N) is 1. The maximum absolute atomic E-state index is 11.8. The Morgan fingerprint density at radius 3 is 2.74 bits per heavy atom. The zero-order valence-corrected chi connectivity index (χ0v) is 11.0. The molecule has 1 atom stereocenters. The average Bonchev–Trinajstić information content (AvgIpc) is 2.85. The van der Waals surface area contributed by atoms with E-state index in [2.05, 4.69) is 10.4 Å². The molecule has 5 nitrogen and oxygen atoms in total. The maximum Gasteiger partial charge on any atom is 0.327 e. The second kappa shape index (κ2) is 6.15. The van der Waals surface area contributed by atoms with E-state index < -0.39 is 6.04 Å². The van der Waals surface area contributed by atoms with Crippen LogP contribution in [-0.2, 0) is 23.1 Å². The van der Waals surface area contributed by atoms with Gasteiger partial charge in [-0.1, -0.05) is 30.3 Å². The number of aromatic nitrogens is 2. The summed E-state index contributed by atoms with van der Waals surface area (Å²) in [7, 11) is 3.25. The second-order valence-electron chi connectivity index (χ2n) is 4.27. The molecule has 0 aliphatic rings. The van der Waals surface area contributed by atoms with Crippen LogP contribution in [0.15, 0.2) is 42.7 Å². The van der Waals surface area contributed by atoms with Crippen LogP contribution in [0.25, 0.3) is 0 Å². The lowest BCUT2D eigenvalue weighted by atomic mass is 10.1. The van der Waals surface area contributed by atoms with Crippen LogP contribution in [0.4, 0.5) is 0 Å². The summed E-state index contributed by atoms with van der Waals surface area (Å²) < 4.78 is 6.57. The highest BCUT2D eigenvalue weighted by molar-refractivity contribution is 5.77. The van der Waals surface area contributed by atoms with E-state index in [1.54, 1.807) is 10.9 Å². The lowest BCUT2D eigenvalue weighted by Gasteiger charge is -2.16. The number of benzene rings is 1. The minimum Gasteiger partial charge on any atom is -0.468 e. The van der Waals surface area contributed by atoms with Crippen LogP contribution in [0.2, 0.25) is 0 Å². The van der Waals surface area contributed by atoms with Gasteiger partial charge in [-0.2, -0.15) is 5.10 Å². The van der Waals surface area contributed by atoms with Gasteiger partial charge >= 0.3 is 5.97 Å². The van der Waals surface area contributed by atoms with Crippen LogP contribution < -0.4 is 5.32 Å². The standard InChI is InChI=1S/C14H17N3O2/c1-17-10-11(9-16-17)8-15-13(14(18)19-2)12-6-4-3-5-7-12/h3-7,9-10,13,15H,8H2,1-2H3. The van der Waals surface area contributed by atoms with Crippen molar-refractivity contribution in [2.45, 2.75) is 12.6 Å². The molecule has 0 radical (unpaired) electrons. The molecule has 0 fully saturated rings. The van der Waals surface area contributed by atoms with Crippen molar-refractivity contribution in [3.63, 3.8) is 0 Å². The lowest BCUT2D eigenvalue weighted by Crippen LogP contribution is -2.29. The van der Waals surface area contributed by atoms with Crippen LogP contribution in [0.1, 0.15) is 17.2 Å². The largest absolute Gasteiger partial charge is 0.468 e. The number of carbonyl (C=O) groups excluding carboxylic acids is 1. The van der Waals surface area contributed by atoms with E-state index in [1.165, 1.54) is 7.11 Å². The summed E-state index contributed by atoms with van der Waals surface area (Å²) in [5, 5.41) is 7.28. The van der Waals surface area contributed by atoms with Gasteiger partial charge in [-0.25, -0.2) is 4.79 Å². The third-order valence-corrected chi connectivity index (χ3v) is 2.84. The van der Waals surface area contributed by atoms with Crippen molar-refractivity contribution < 1.29 is 9.53 Å². The molecule has 19 heavy (non-hydrogen) atoms. The molecule has 0 aliphatic carbocycles. The van der Waals surface area contributed by atoms with Crippen molar-refractivity contribution in [1.82, 2.24) is 15.1 Å². The molecule has 0 bridgehead atoms. The quantitative estimate of drug-likeness (QED) is 0.825. The molecule has 0 saturated heterocycles. The third-order valence-electron chi connectivity index (χ3n) is 2.84. The van der Waals surface area contributed by atoms with E-state index in [-0.39, 0.29) is 5.97 Å².